The van der Waals surface area contributed by atoms with Gasteiger partial charge in [-0.25, -0.2) is 0 Å². The molecule has 1 aliphatic rings. The first kappa shape index (κ1) is 22.2. The van der Waals surface area contributed by atoms with Crippen molar-refractivity contribution in [2.45, 2.75) is 52.6 Å². The van der Waals surface area contributed by atoms with Gasteiger partial charge in [-0.15, -0.1) is 0 Å². The summed E-state index contributed by atoms with van der Waals surface area (Å²) >= 11 is 6.04. The van der Waals surface area contributed by atoms with Crippen LogP contribution in [0.2, 0.25) is 5.02 Å². The lowest BCUT2D eigenvalue weighted by molar-refractivity contribution is -0.137. The van der Waals surface area contributed by atoms with E-state index in [1.807, 2.05) is 6.92 Å². The maximum absolute atomic E-state index is 12.7. The van der Waals surface area contributed by atoms with E-state index in [-0.39, 0.29) is 29.7 Å². The summed E-state index contributed by atoms with van der Waals surface area (Å²) in [7, 11) is 0. The van der Waals surface area contributed by atoms with Crippen LogP contribution in [0.1, 0.15) is 50.9 Å². The number of rotatable bonds is 6. The molecule has 2 rings (SSSR count). The van der Waals surface area contributed by atoms with Gasteiger partial charge in [-0.2, -0.15) is 0 Å². The van der Waals surface area contributed by atoms with Crippen LogP contribution >= 0.6 is 11.6 Å². The zero-order chi connectivity index (χ0) is 20.8. The summed E-state index contributed by atoms with van der Waals surface area (Å²) in [6.45, 7) is 8.85. The first-order valence-electron chi connectivity index (χ1n) is 9.85. The van der Waals surface area contributed by atoms with Crippen LogP contribution < -0.4 is 10.6 Å². The van der Waals surface area contributed by atoms with E-state index in [4.69, 9.17) is 11.6 Å². The SMILES string of the molecule is CC(NC(=O)c1ccccc1Cl)C(=O)N1CCC(C(=O)NC(C)C(C)C)CC1. The highest BCUT2D eigenvalue weighted by Gasteiger charge is 2.30. The largest absolute Gasteiger partial charge is 0.353 e. The van der Waals surface area contributed by atoms with Crippen LogP contribution in [0.15, 0.2) is 24.3 Å². The highest BCUT2D eigenvalue weighted by Crippen LogP contribution is 2.19. The lowest BCUT2D eigenvalue weighted by Gasteiger charge is -2.33. The third-order valence-corrected chi connectivity index (χ3v) is 5.71. The predicted molar refractivity (Wildman–Crippen MR) is 110 cm³/mol. The van der Waals surface area contributed by atoms with Gasteiger partial charge in [0.1, 0.15) is 6.04 Å². The fourth-order valence-electron chi connectivity index (χ4n) is 3.13. The number of hydrogen-bond acceptors (Lipinski definition) is 3. The molecular weight excluding hydrogens is 378 g/mol. The highest BCUT2D eigenvalue weighted by molar-refractivity contribution is 6.33. The van der Waals surface area contributed by atoms with Gasteiger partial charge in [0.05, 0.1) is 10.6 Å². The van der Waals surface area contributed by atoms with Crippen molar-refractivity contribution in [2.24, 2.45) is 11.8 Å². The van der Waals surface area contributed by atoms with E-state index in [2.05, 4.69) is 24.5 Å². The second-order valence-electron chi connectivity index (χ2n) is 7.82. The molecule has 0 bridgehead atoms. The van der Waals surface area contributed by atoms with Gasteiger partial charge < -0.3 is 15.5 Å². The molecule has 0 spiro atoms. The summed E-state index contributed by atoms with van der Waals surface area (Å²) in [4.78, 5) is 39.1. The summed E-state index contributed by atoms with van der Waals surface area (Å²) in [6.07, 6.45) is 1.27. The van der Waals surface area contributed by atoms with Crippen LogP contribution in [0.5, 0.6) is 0 Å². The van der Waals surface area contributed by atoms with E-state index in [0.29, 0.717) is 42.4 Å². The quantitative estimate of drug-likeness (QED) is 0.761. The minimum absolute atomic E-state index is 0.0633. The fourth-order valence-corrected chi connectivity index (χ4v) is 3.35. The van der Waals surface area contributed by atoms with Gasteiger partial charge in [-0.05, 0) is 44.7 Å². The zero-order valence-electron chi connectivity index (χ0n) is 17.0. The smallest absolute Gasteiger partial charge is 0.253 e. The zero-order valence-corrected chi connectivity index (χ0v) is 17.8. The predicted octanol–water partition coefficient (Wildman–Crippen LogP) is 2.86. The van der Waals surface area contributed by atoms with Gasteiger partial charge >= 0.3 is 0 Å². The molecule has 1 saturated heterocycles. The van der Waals surface area contributed by atoms with Gasteiger partial charge in [0.25, 0.3) is 5.91 Å². The molecule has 1 aromatic carbocycles. The molecule has 1 aromatic rings. The number of halogens is 1. The molecule has 0 saturated carbocycles. The van der Waals surface area contributed by atoms with E-state index in [1.54, 1.807) is 36.1 Å². The number of nitrogens with one attached hydrogen (secondary N) is 2. The van der Waals surface area contributed by atoms with Gasteiger partial charge in [0.15, 0.2) is 0 Å². The molecule has 2 N–H and O–H groups in total. The summed E-state index contributed by atoms with van der Waals surface area (Å²) in [5.74, 6) is -0.141. The maximum Gasteiger partial charge on any atom is 0.253 e. The Bertz CT molecular complexity index is 715. The topological polar surface area (TPSA) is 78.5 Å². The minimum atomic E-state index is -0.657. The summed E-state index contributed by atoms with van der Waals surface area (Å²) in [5, 5.41) is 6.12. The molecule has 28 heavy (non-hydrogen) atoms. The maximum atomic E-state index is 12.7. The normalized spacial score (nSPS) is 17.1. The van der Waals surface area contributed by atoms with Crippen molar-refractivity contribution in [1.82, 2.24) is 15.5 Å². The van der Waals surface area contributed by atoms with E-state index in [0.717, 1.165) is 0 Å². The Labute approximate surface area is 172 Å². The second-order valence-corrected chi connectivity index (χ2v) is 8.22. The lowest BCUT2D eigenvalue weighted by Crippen LogP contribution is -2.51. The second kappa shape index (κ2) is 9.92. The molecule has 1 heterocycles. The average Bonchev–Trinajstić information content (AvgIpc) is 2.67. The van der Waals surface area contributed by atoms with Gasteiger partial charge in [0.2, 0.25) is 11.8 Å². The Morgan fingerprint density at radius 3 is 2.21 bits per heavy atom. The number of likely N-dealkylation sites (tertiary alicyclic amines) is 1. The molecule has 0 aromatic heterocycles. The molecule has 154 valence electrons. The molecule has 7 heteroatoms. The standard InChI is InChI=1S/C21H30ClN3O3/c1-13(2)14(3)23-19(26)16-9-11-25(12-10-16)21(28)15(4)24-20(27)17-7-5-6-8-18(17)22/h5-8,13-16H,9-12H2,1-4H3,(H,23,26)(H,24,27). The van der Waals surface area contributed by atoms with E-state index in [9.17, 15) is 14.4 Å². The molecule has 0 aliphatic carbocycles. The van der Waals surface area contributed by atoms with Crippen molar-refractivity contribution in [3.05, 3.63) is 34.9 Å². The van der Waals surface area contributed by atoms with Crippen molar-refractivity contribution < 1.29 is 14.4 Å². The summed E-state index contributed by atoms with van der Waals surface area (Å²) in [6, 6.07) is 6.21. The number of carbonyl (C=O) groups is 3. The molecule has 0 radical (unpaired) electrons. The minimum Gasteiger partial charge on any atom is -0.353 e. The number of benzene rings is 1. The van der Waals surface area contributed by atoms with Gasteiger partial charge in [-0.1, -0.05) is 37.6 Å². The summed E-state index contributed by atoms with van der Waals surface area (Å²) in [5.41, 5.74) is 0.346. The van der Waals surface area contributed by atoms with E-state index in [1.165, 1.54) is 0 Å². The van der Waals surface area contributed by atoms with Crippen LogP contribution in [0.25, 0.3) is 0 Å². The molecule has 3 amide bonds. The van der Waals surface area contributed by atoms with Crippen molar-refractivity contribution in [3.63, 3.8) is 0 Å². The van der Waals surface area contributed by atoms with Crippen LogP contribution in [-0.4, -0.2) is 47.8 Å². The number of hydrogen-bond donors (Lipinski definition) is 2. The first-order valence-corrected chi connectivity index (χ1v) is 10.2. The van der Waals surface area contributed by atoms with Crippen LogP contribution in [-0.2, 0) is 9.59 Å². The Morgan fingerprint density at radius 1 is 1.04 bits per heavy atom. The van der Waals surface area contributed by atoms with Crippen LogP contribution in [0.4, 0.5) is 0 Å². The van der Waals surface area contributed by atoms with Crippen molar-refractivity contribution in [2.75, 3.05) is 13.1 Å². The summed E-state index contributed by atoms with van der Waals surface area (Å²) < 4.78 is 0. The number of piperidine rings is 1. The van der Waals surface area contributed by atoms with Crippen LogP contribution in [0.3, 0.4) is 0 Å². The van der Waals surface area contributed by atoms with Crippen LogP contribution in [0, 0.1) is 11.8 Å². The number of carbonyl (C=O) groups excluding carboxylic acids is 3. The highest BCUT2D eigenvalue weighted by atomic mass is 35.5. The lowest BCUT2D eigenvalue weighted by atomic mass is 9.94. The molecule has 2 unspecified atom stereocenters. The average molecular weight is 408 g/mol. The molecular formula is C21H30ClN3O3. The van der Waals surface area contributed by atoms with E-state index >= 15 is 0 Å². The number of amides is 3. The molecule has 1 fully saturated rings. The van der Waals surface area contributed by atoms with Crippen molar-refractivity contribution >= 4 is 29.3 Å². The first-order chi connectivity index (χ1) is 13.2. The molecule has 2 atom stereocenters. The Balaban J connectivity index is 1.85. The Morgan fingerprint density at radius 2 is 1.64 bits per heavy atom. The third-order valence-electron chi connectivity index (χ3n) is 5.38. The Kier molecular flexibility index (Phi) is 7.87. The number of nitrogens with zero attached hydrogens (tertiary/aromatic N) is 1. The molecule has 1 aliphatic heterocycles. The van der Waals surface area contributed by atoms with E-state index < -0.39 is 6.04 Å². The van der Waals surface area contributed by atoms with Gasteiger partial charge in [0, 0.05) is 25.0 Å². The van der Waals surface area contributed by atoms with Crippen molar-refractivity contribution in [1.29, 1.82) is 0 Å². The Hall–Kier alpha value is -2.08. The third kappa shape index (κ3) is 5.71. The fraction of sp³-hybridized carbons (Fsp3) is 0.571. The molecule has 6 nitrogen and oxygen atoms in total. The van der Waals surface area contributed by atoms with Crippen molar-refractivity contribution in [3.8, 4) is 0 Å². The monoisotopic (exact) mass is 407 g/mol. The van der Waals surface area contributed by atoms with Gasteiger partial charge in [-0.3, -0.25) is 14.4 Å².